The maximum absolute atomic E-state index is 13.5. The van der Waals surface area contributed by atoms with Crippen molar-refractivity contribution in [2.75, 3.05) is 6.61 Å². The summed E-state index contributed by atoms with van der Waals surface area (Å²) >= 11 is 6.09. The summed E-state index contributed by atoms with van der Waals surface area (Å²) in [6.45, 7) is 2.95. The lowest BCUT2D eigenvalue weighted by molar-refractivity contribution is 0.0729. The van der Waals surface area contributed by atoms with Gasteiger partial charge in [-0.3, -0.25) is 14.9 Å². The number of carbonyl (C=O) groups excluding carboxylic acids is 1. The number of aromatic amines is 1. The van der Waals surface area contributed by atoms with Gasteiger partial charge in [-0.25, -0.2) is 0 Å². The molecule has 1 unspecified atom stereocenters. The summed E-state index contributed by atoms with van der Waals surface area (Å²) in [4.78, 5) is 19.5. The highest BCUT2D eigenvalue weighted by atomic mass is 35.5. The van der Waals surface area contributed by atoms with Crippen LogP contribution in [0, 0.1) is 0 Å². The van der Waals surface area contributed by atoms with Crippen molar-refractivity contribution in [1.29, 1.82) is 0 Å². The molecule has 1 atom stereocenters. The molecule has 1 amide bonds. The van der Waals surface area contributed by atoms with Crippen molar-refractivity contribution in [1.82, 2.24) is 20.1 Å². The van der Waals surface area contributed by atoms with Gasteiger partial charge in [-0.1, -0.05) is 41.9 Å². The Bertz CT molecular complexity index is 1250. The number of hydrogen-bond acceptors (Lipinski definition) is 4. The third kappa shape index (κ3) is 3.63. The third-order valence-corrected chi connectivity index (χ3v) is 5.79. The molecule has 1 N–H and O–H groups in total. The van der Waals surface area contributed by atoms with Crippen molar-refractivity contribution in [3.8, 4) is 17.0 Å². The molecule has 0 radical (unpaired) electrons. The maximum Gasteiger partial charge on any atom is 0.273 e. The van der Waals surface area contributed by atoms with Crippen LogP contribution >= 0.6 is 11.6 Å². The van der Waals surface area contributed by atoms with Crippen LogP contribution in [0.3, 0.4) is 0 Å². The highest BCUT2D eigenvalue weighted by Gasteiger charge is 2.42. The lowest BCUT2D eigenvalue weighted by Gasteiger charge is -2.26. The zero-order valence-corrected chi connectivity index (χ0v) is 18.2. The standard InChI is InChI=1S/C25H21ClN4O2/c1-2-32-20-7-3-6-18(13-20)24-21-22(17-8-10-19(26)11-9-17)28-29-23(21)25(31)30(24)15-16-5-4-12-27-14-16/h3-14,24H,2,15H2,1H3,(H,28,29). The summed E-state index contributed by atoms with van der Waals surface area (Å²) in [6, 6.07) is 18.9. The van der Waals surface area contributed by atoms with Crippen LogP contribution in [-0.2, 0) is 6.54 Å². The van der Waals surface area contributed by atoms with Crippen LogP contribution in [0.15, 0.2) is 73.1 Å². The minimum Gasteiger partial charge on any atom is -0.494 e. The van der Waals surface area contributed by atoms with Crippen molar-refractivity contribution in [3.05, 3.63) is 100 Å². The van der Waals surface area contributed by atoms with Gasteiger partial charge in [0.05, 0.1) is 18.3 Å². The molecule has 0 saturated heterocycles. The van der Waals surface area contributed by atoms with Gasteiger partial charge in [0, 0.05) is 35.1 Å². The van der Waals surface area contributed by atoms with E-state index in [0.29, 0.717) is 23.9 Å². The summed E-state index contributed by atoms with van der Waals surface area (Å²) in [6.07, 6.45) is 3.51. The Morgan fingerprint density at radius 2 is 1.97 bits per heavy atom. The van der Waals surface area contributed by atoms with E-state index in [1.165, 1.54) is 0 Å². The molecule has 0 fully saturated rings. The van der Waals surface area contributed by atoms with Gasteiger partial charge in [0.15, 0.2) is 0 Å². The quantitative estimate of drug-likeness (QED) is 0.439. The maximum atomic E-state index is 13.5. The molecule has 1 aliphatic heterocycles. The molecule has 7 heteroatoms. The van der Waals surface area contributed by atoms with Gasteiger partial charge in [0.25, 0.3) is 5.91 Å². The van der Waals surface area contributed by atoms with E-state index in [-0.39, 0.29) is 11.9 Å². The summed E-state index contributed by atoms with van der Waals surface area (Å²) < 4.78 is 5.73. The van der Waals surface area contributed by atoms with Crippen molar-refractivity contribution in [2.24, 2.45) is 0 Å². The van der Waals surface area contributed by atoms with E-state index in [9.17, 15) is 4.79 Å². The first-order valence-electron chi connectivity index (χ1n) is 10.4. The number of H-pyrrole nitrogens is 1. The summed E-state index contributed by atoms with van der Waals surface area (Å²) in [5.41, 5.74) is 4.92. The largest absolute Gasteiger partial charge is 0.494 e. The van der Waals surface area contributed by atoms with Gasteiger partial charge in [-0.05, 0) is 48.4 Å². The molecule has 160 valence electrons. The van der Waals surface area contributed by atoms with Crippen LogP contribution < -0.4 is 4.74 Å². The van der Waals surface area contributed by atoms with E-state index in [0.717, 1.165) is 33.7 Å². The number of fused-ring (bicyclic) bond motifs is 1. The van der Waals surface area contributed by atoms with Gasteiger partial charge in [0.2, 0.25) is 0 Å². The van der Waals surface area contributed by atoms with Crippen molar-refractivity contribution < 1.29 is 9.53 Å². The molecular formula is C25H21ClN4O2. The first-order valence-corrected chi connectivity index (χ1v) is 10.8. The Labute approximate surface area is 190 Å². The number of amides is 1. The highest BCUT2D eigenvalue weighted by Crippen LogP contribution is 2.44. The predicted octanol–water partition coefficient (Wildman–Crippen LogP) is 5.27. The molecule has 4 aromatic rings. The summed E-state index contributed by atoms with van der Waals surface area (Å²) in [5.74, 6) is 0.673. The Morgan fingerprint density at radius 3 is 2.72 bits per heavy atom. The zero-order valence-electron chi connectivity index (χ0n) is 17.5. The second kappa shape index (κ2) is 8.48. The number of halogens is 1. The average Bonchev–Trinajstić information content (AvgIpc) is 3.35. The number of pyridine rings is 1. The van der Waals surface area contributed by atoms with Crippen LogP contribution in [0.1, 0.15) is 40.1 Å². The lowest BCUT2D eigenvalue weighted by atomic mass is 9.95. The fraction of sp³-hybridized carbons (Fsp3) is 0.160. The summed E-state index contributed by atoms with van der Waals surface area (Å²) in [7, 11) is 0. The molecule has 5 rings (SSSR count). The van der Waals surface area contributed by atoms with E-state index in [1.807, 2.05) is 72.5 Å². The number of hydrogen-bond donors (Lipinski definition) is 1. The molecule has 1 aliphatic rings. The number of carbonyl (C=O) groups is 1. The van der Waals surface area contributed by atoms with Crippen molar-refractivity contribution in [3.63, 3.8) is 0 Å². The second-order valence-electron chi connectivity index (χ2n) is 7.57. The van der Waals surface area contributed by atoms with Crippen LogP contribution in [0.2, 0.25) is 5.02 Å². The molecule has 3 heterocycles. The number of rotatable bonds is 6. The monoisotopic (exact) mass is 444 g/mol. The Morgan fingerprint density at radius 1 is 1.12 bits per heavy atom. The number of nitrogens with one attached hydrogen (secondary N) is 1. The first kappa shape index (κ1) is 20.3. The van der Waals surface area contributed by atoms with Gasteiger partial charge in [-0.2, -0.15) is 5.10 Å². The minimum absolute atomic E-state index is 0.0941. The molecule has 0 bridgehead atoms. The molecule has 0 saturated carbocycles. The normalized spacial score (nSPS) is 15.1. The van der Waals surface area contributed by atoms with E-state index in [2.05, 4.69) is 15.2 Å². The molecule has 32 heavy (non-hydrogen) atoms. The topological polar surface area (TPSA) is 71.1 Å². The van der Waals surface area contributed by atoms with Crippen LogP contribution in [0.5, 0.6) is 5.75 Å². The number of aromatic nitrogens is 3. The minimum atomic E-state index is -0.317. The van der Waals surface area contributed by atoms with Gasteiger partial charge in [0.1, 0.15) is 11.4 Å². The average molecular weight is 445 g/mol. The van der Waals surface area contributed by atoms with E-state index >= 15 is 0 Å². The molecular weight excluding hydrogens is 424 g/mol. The molecule has 2 aromatic heterocycles. The van der Waals surface area contributed by atoms with Crippen molar-refractivity contribution in [2.45, 2.75) is 19.5 Å². The Hall–Kier alpha value is -3.64. The van der Waals surface area contributed by atoms with Crippen molar-refractivity contribution >= 4 is 17.5 Å². The fourth-order valence-corrected chi connectivity index (χ4v) is 4.29. The Kier molecular flexibility index (Phi) is 5.37. The molecule has 2 aromatic carbocycles. The zero-order chi connectivity index (χ0) is 22.1. The van der Waals surface area contributed by atoms with Crippen LogP contribution in [0.25, 0.3) is 11.3 Å². The predicted molar refractivity (Wildman–Crippen MR) is 123 cm³/mol. The van der Waals surface area contributed by atoms with Gasteiger partial charge in [-0.15, -0.1) is 0 Å². The molecule has 0 aliphatic carbocycles. The smallest absolute Gasteiger partial charge is 0.273 e. The van der Waals surface area contributed by atoms with E-state index in [4.69, 9.17) is 16.3 Å². The Balaban J connectivity index is 1.64. The number of nitrogens with zero attached hydrogens (tertiary/aromatic N) is 3. The SMILES string of the molecule is CCOc1cccc(C2c3c(-c4ccc(Cl)cc4)n[nH]c3C(=O)N2Cc2cccnc2)c1. The lowest BCUT2D eigenvalue weighted by Crippen LogP contribution is -2.29. The number of ether oxygens (including phenoxy) is 1. The van der Waals surface area contributed by atoms with E-state index < -0.39 is 0 Å². The first-order chi connectivity index (χ1) is 15.7. The van der Waals surface area contributed by atoms with Crippen LogP contribution in [0.4, 0.5) is 0 Å². The summed E-state index contributed by atoms with van der Waals surface area (Å²) in [5, 5.41) is 8.14. The third-order valence-electron chi connectivity index (χ3n) is 5.54. The highest BCUT2D eigenvalue weighted by molar-refractivity contribution is 6.30. The van der Waals surface area contributed by atoms with Gasteiger partial charge >= 0.3 is 0 Å². The molecule has 6 nitrogen and oxygen atoms in total. The van der Waals surface area contributed by atoms with Gasteiger partial charge < -0.3 is 9.64 Å². The fourth-order valence-electron chi connectivity index (χ4n) is 4.16. The number of benzene rings is 2. The van der Waals surface area contributed by atoms with Crippen LogP contribution in [-0.4, -0.2) is 32.6 Å². The second-order valence-corrected chi connectivity index (χ2v) is 8.01. The van der Waals surface area contributed by atoms with E-state index in [1.54, 1.807) is 12.4 Å². The molecule has 0 spiro atoms.